The van der Waals surface area contributed by atoms with Crippen molar-refractivity contribution in [2.75, 3.05) is 6.61 Å². The predicted molar refractivity (Wildman–Crippen MR) is 49.6 cm³/mol. The monoisotopic (exact) mass is 166 g/mol. The molecule has 1 aliphatic heterocycles. The molecular formula is C9H11OP. The molecule has 0 amide bonds. The second-order valence-corrected chi connectivity index (χ2v) is 3.49. The third kappa shape index (κ3) is 1.39. The van der Waals surface area contributed by atoms with Gasteiger partial charge in [-0.05, 0) is 29.8 Å². The van der Waals surface area contributed by atoms with E-state index in [9.17, 15) is 0 Å². The lowest BCUT2D eigenvalue weighted by Gasteiger charge is -2.16. The summed E-state index contributed by atoms with van der Waals surface area (Å²) in [5.41, 5.74) is 1.35. The van der Waals surface area contributed by atoms with Crippen molar-refractivity contribution in [1.29, 1.82) is 0 Å². The number of hydrogen-bond acceptors (Lipinski definition) is 1. The maximum Gasteiger partial charge on any atom is 0.123 e. The van der Waals surface area contributed by atoms with Crippen LogP contribution in [0.4, 0.5) is 0 Å². The van der Waals surface area contributed by atoms with Crippen LogP contribution in [-0.2, 0) is 6.42 Å². The Morgan fingerprint density at radius 2 is 2.27 bits per heavy atom. The van der Waals surface area contributed by atoms with Crippen LogP contribution in [0.15, 0.2) is 18.2 Å². The van der Waals surface area contributed by atoms with Crippen LogP contribution in [0.5, 0.6) is 5.75 Å². The van der Waals surface area contributed by atoms with Crippen molar-refractivity contribution < 1.29 is 4.74 Å². The average Bonchev–Trinajstić information content (AvgIpc) is 2.04. The highest BCUT2D eigenvalue weighted by Gasteiger charge is 2.08. The Bertz CT molecular complexity index is 270. The quantitative estimate of drug-likeness (QED) is 0.531. The smallest absolute Gasteiger partial charge is 0.123 e. The van der Waals surface area contributed by atoms with E-state index in [0.717, 1.165) is 18.8 Å². The molecule has 0 aromatic heterocycles. The molecule has 1 aromatic carbocycles. The second-order valence-electron chi connectivity index (χ2n) is 2.82. The SMILES string of the molecule is Pc1ccc2c(c1)OCCC2. The van der Waals surface area contributed by atoms with Gasteiger partial charge >= 0.3 is 0 Å². The zero-order valence-electron chi connectivity index (χ0n) is 6.34. The molecule has 0 fully saturated rings. The van der Waals surface area contributed by atoms with E-state index in [2.05, 4.69) is 27.4 Å². The lowest BCUT2D eigenvalue weighted by atomic mass is 10.1. The van der Waals surface area contributed by atoms with Crippen molar-refractivity contribution >= 4 is 14.5 Å². The minimum atomic E-state index is 0.876. The van der Waals surface area contributed by atoms with Gasteiger partial charge in [-0.2, -0.15) is 0 Å². The van der Waals surface area contributed by atoms with Crippen LogP contribution in [0, 0.1) is 0 Å². The van der Waals surface area contributed by atoms with Crippen LogP contribution in [0.25, 0.3) is 0 Å². The highest BCUT2D eigenvalue weighted by Crippen LogP contribution is 2.23. The molecule has 1 aromatic rings. The Hall–Kier alpha value is -0.550. The summed E-state index contributed by atoms with van der Waals surface area (Å²) in [5.74, 6) is 1.07. The van der Waals surface area contributed by atoms with E-state index < -0.39 is 0 Å². The van der Waals surface area contributed by atoms with Crippen LogP contribution in [0.3, 0.4) is 0 Å². The van der Waals surface area contributed by atoms with E-state index in [-0.39, 0.29) is 0 Å². The normalized spacial score (nSPS) is 15.4. The topological polar surface area (TPSA) is 9.23 Å². The molecule has 11 heavy (non-hydrogen) atoms. The number of fused-ring (bicyclic) bond motifs is 1. The molecule has 1 nitrogen and oxygen atoms in total. The maximum absolute atomic E-state index is 5.49. The van der Waals surface area contributed by atoms with E-state index in [1.54, 1.807) is 0 Å². The molecule has 0 radical (unpaired) electrons. The Labute approximate surface area is 69.0 Å². The van der Waals surface area contributed by atoms with Crippen molar-refractivity contribution in [2.45, 2.75) is 12.8 Å². The van der Waals surface area contributed by atoms with Gasteiger partial charge in [0.1, 0.15) is 5.75 Å². The fourth-order valence-electron chi connectivity index (χ4n) is 1.36. The second kappa shape index (κ2) is 2.83. The molecule has 1 unspecified atom stereocenters. The number of hydrogen-bond donors (Lipinski definition) is 0. The van der Waals surface area contributed by atoms with E-state index in [1.165, 1.54) is 17.3 Å². The molecule has 0 saturated carbocycles. The fraction of sp³-hybridized carbons (Fsp3) is 0.333. The lowest BCUT2D eigenvalue weighted by molar-refractivity contribution is 0.288. The molecule has 0 saturated heterocycles. The largest absolute Gasteiger partial charge is 0.493 e. The van der Waals surface area contributed by atoms with E-state index in [0.29, 0.717) is 0 Å². The first kappa shape index (κ1) is 7.12. The maximum atomic E-state index is 5.49. The van der Waals surface area contributed by atoms with Crippen molar-refractivity contribution in [3.8, 4) is 5.75 Å². The average molecular weight is 166 g/mol. The van der Waals surface area contributed by atoms with Gasteiger partial charge < -0.3 is 4.74 Å². The number of aryl methyl sites for hydroxylation is 1. The van der Waals surface area contributed by atoms with Crippen molar-refractivity contribution in [3.63, 3.8) is 0 Å². The number of ether oxygens (including phenoxy) is 1. The van der Waals surface area contributed by atoms with Gasteiger partial charge in [-0.1, -0.05) is 12.1 Å². The van der Waals surface area contributed by atoms with Gasteiger partial charge in [-0.15, -0.1) is 9.24 Å². The van der Waals surface area contributed by atoms with Crippen LogP contribution < -0.4 is 10.0 Å². The summed E-state index contributed by atoms with van der Waals surface area (Å²) in [7, 11) is 2.68. The lowest BCUT2D eigenvalue weighted by Crippen LogP contribution is -2.09. The van der Waals surface area contributed by atoms with Crippen molar-refractivity contribution in [2.24, 2.45) is 0 Å². The van der Waals surface area contributed by atoms with Gasteiger partial charge in [0, 0.05) is 0 Å². The molecule has 2 rings (SSSR count). The number of rotatable bonds is 0. The third-order valence-corrected chi connectivity index (χ3v) is 2.30. The molecule has 1 aliphatic rings. The Morgan fingerprint density at radius 1 is 1.36 bits per heavy atom. The first-order valence-corrected chi connectivity index (χ1v) is 4.45. The Balaban J connectivity index is 2.43. The summed E-state index contributed by atoms with van der Waals surface area (Å²) in [4.78, 5) is 0. The highest BCUT2D eigenvalue weighted by molar-refractivity contribution is 7.27. The van der Waals surface area contributed by atoms with E-state index in [1.807, 2.05) is 0 Å². The van der Waals surface area contributed by atoms with Crippen molar-refractivity contribution in [1.82, 2.24) is 0 Å². The van der Waals surface area contributed by atoms with Crippen LogP contribution in [-0.4, -0.2) is 6.61 Å². The van der Waals surface area contributed by atoms with Crippen LogP contribution in [0.2, 0.25) is 0 Å². The zero-order chi connectivity index (χ0) is 7.68. The minimum Gasteiger partial charge on any atom is -0.493 e. The Kier molecular flexibility index (Phi) is 1.83. The predicted octanol–water partition coefficient (Wildman–Crippen LogP) is 1.51. The number of benzene rings is 1. The molecule has 1 heterocycles. The van der Waals surface area contributed by atoms with Crippen molar-refractivity contribution in [3.05, 3.63) is 23.8 Å². The fourth-order valence-corrected chi connectivity index (χ4v) is 1.60. The molecule has 0 aliphatic carbocycles. The van der Waals surface area contributed by atoms with Crippen LogP contribution >= 0.6 is 9.24 Å². The van der Waals surface area contributed by atoms with Crippen LogP contribution in [0.1, 0.15) is 12.0 Å². The molecule has 58 valence electrons. The molecular weight excluding hydrogens is 155 g/mol. The standard InChI is InChI=1S/C9H11OP/c11-8-4-3-7-2-1-5-10-9(7)6-8/h3-4,6H,1-2,5,11H2. The Morgan fingerprint density at radius 3 is 3.18 bits per heavy atom. The summed E-state index contributed by atoms with van der Waals surface area (Å²) >= 11 is 0. The van der Waals surface area contributed by atoms with E-state index >= 15 is 0 Å². The summed E-state index contributed by atoms with van der Waals surface area (Å²) < 4.78 is 5.49. The molecule has 0 spiro atoms. The third-order valence-electron chi connectivity index (χ3n) is 1.94. The summed E-state index contributed by atoms with van der Waals surface area (Å²) in [6.07, 6.45) is 2.32. The summed E-state index contributed by atoms with van der Waals surface area (Å²) in [6, 6.07) is 6.34. The first-order valence-electron chi connectivity index (χ1n) is 3.87. The van der Waals surface area contributed by atoms with Gasteiger partial charge in [0.25, 0.3) is 0 Å². The molecule has 1 atom stereocenters. The zero-order valence-corrected chi connectivity index (χ0v) is 7.49. The summed E-state index contributed by atoms with van der Waals surface area (Å²) in [5, 5.41) is 1.20. The van der Waals surface area contributed by atoms with Gasteiger partial charge in [-0.25, -0.2) is 0 Å². The van der Waals surface area contributed by atoms with Gasteiger partial charge in [0.15, 0.2) is 0 Å². The summed E-state index contributed by atoms with van der Waals surface area (Å²) in [6.45, 7) is 0.876. The first-order chi connectivity index (χ1) is 5.36. The molecule has 0 N–H and O–H groups in total. The van der Waals surface area contributed by atoms with Gasteiger partial charge in [0.05, 0.1) is 6.61 Å². The molecule has 0 bridgehead atoms. The van der Waals surface area contributed by atoms with Gasteiger partial charge in [-0.3, -0.25) is 0 Å². The molecule has 2 heteroatoms. The highest BCUT2D eigenvalue weighted by atomic mass is 31.0. The minimum absolute atomic E-state index is 0.876. The van der Waals surface area contributed by atoms with Gasteiger partial charge in [0.2, 0.25) is 0 Å². The van der Waals surface area contributed by atoms with E-state index in [4.69, 9.17) is 4.74 Å².